The zero-order chi connectivity index (χ0) is 37.7. The van der Waals surface area contributed by atoms with Crippen LogP contribution in [0.2, 0.25) is 0 Å². The molecule has 2 aliphatic heterocycles. The van der Waals surface area contributed by atoms with Gasteiger partial charge in [-0.05, 0) is 84.6 Å². The lowest BCUT2D eigenvalue weighted by molar-refractivity contribution is -0.199. The lowest BCUT2D eigenvalue weighted by Crippen LogP contribution is -2.65. The average molecular weight is 721 g/mol. The van der Waals surface area contributed by atoms with Gasteiger partial charge >= 0.3 is 13.1 Å². The molecule has 5 amide bonds. The normalized spacial score (nSPS) is 27.0. The van der Waals surface area contributed by atoms with Gasteiger partial charge < -0.3 is 24.8 Å². The molecule has 3 aliphatic carbocycles. The molecule has 10 nitrogen and oxygen atoms in total. The lowest BCUT2D eigenvalue weighted by atomic mass is 9.43. The van der Waals surface area contributed by atoms with Crippen molar-refractivity contribution in [3.05, 3.63) is 83.9 Å². The Hall–Kier alpha value is -4.22. The third kappa shape index (κ3) is 6.75. The van der Waals surface area contributed by atoms with Crippen molar-refractivity contribution in [1.29, 1.82) is 0 Å². The van der Waals surface area contributed by atoms with Gasteiger partial charge in [-0.3, -0.25) is 14.4 Å². The van der Waals surface area contributed by atoms with Crippen molar-refractivity contribution in [2.75, 3.05) is 13.1 Å². The van der Waals surface area contributed by atoms with Gasteiger partial charge in [-0.1, -0.05) is 101 Å². The summed E-state index contributed by atoms with van der Waals surface area (Å²) in [6, 6.07) is 20.4. The van der Waals surface area contributed by atoms with Gasteiger partial charge in [0.1, 0.15) is 12.1 Å². The number of nitrogens with zero attached hydrogens (tertiary/aromatic N) is 2. The Balaban J connectivity index is 1.11. The molecule has 53 heavy (non-hydrogen) atoms. The minimum Gasteiger partial charge on any atom is -0.404 e. The number of hydrogen-bond donors (Lipinski definition) is 2. The van der Waals surface area contributed by atoms with Crippen LogP contribution in [0.25, 0.3) is 10.8 Å². The number of urea groups is 1. The molecule has 0 radical (unpaired) electrons. The van der Waals surface area contributed by atoms with Gasteiger partial charge in [-0.25, -0.2) is 9.69 Å². The van der Waals surface area contributed by atoms with Crippen molar-refractivity contribution < 1.29 is 28.5 Å². The molecule has 5 aliphatic rings. The molecule has 2 N–H and O–H groups in total. The summed E-state index contributed by atoms with van der Waals surface area (Å²) >= 11 is 0. The fraction of sp³-hybridized carbons (Fsp3) is 0.524. The standard InChI is InChI=1S/C42H53BN4O6/c1-7-35(43-52-34-24-29-23-33(41(29,4)5)42(34,6)53-43)44-38(49)32-25-46(22-14-17-27-15-9-8-10-16-27)40(51)47(32)39(50)36(26(2)3)45-37(48)31-21-13-19-28-18-11-12-20-30(28)31/h8-13,15-16,18-21,26,29,32-36H,7,14,17,22-25H2,1-6H3,(H,44,49)(H,45,48)/t29?,32-,33?,34+,35-,36-,42-/m0/s1. The highest BCUT2D eigenvalue weighted by Crippen LogP contribution is 2.65. The summed E-state index contributed by atoms with van der Waals surface area (Å²) < 4.78 is 13.2. The number of hydrogen-bond acceptors (Lipinski definition) is 6. The number of fused-ring (bicyclic) bond motifs is 1. The summed E-state index contributed by atoms with van der Waals surface area (Å²) in [5.74, 6) is -1.34. The van der Waals surface area contributed by atoms with Gasteiger partial charge in [0.15, 0.2) is 0 Å². The number of nitrogens with one attached hydrogen (secondary N) is 2. The van der Waals surface area contributed by atoms with Crippen molar-refractivity contribution >= 4 is 41.6 Å². The summed E-state index contributed by atoms with van der Waals surface area (Å²) in [5.41, 5.74) is 1.33. The van der Waals surface area contributed by atoms with E-state index in [1.54, 1.807) is 11.0 Å². The maximum Gasteiger partial charge on any atom is 0.481 e. The van der Waals surface area contributed by atoms with E-state index in [4.69, 9.17) is 9.31 Å². The quantitative estimate of drug-likeness (QED) is 0.221. The second-order valence-corrected chi connectivity index (χ2v) is 16.6. The van der Waals surface area contributed by atoms with Crippen LogP contribution in [0.4, 0.5) is 4.79 Å². The number of imide groups is 1. The first-order chi connectivity index (χ1) is 25.3. The van der Waals surface area contributed by atoms with Crippen molar-refractivity contribution in [3.63, 3.8) is 0 Å². The Morgan fingerprint density at radius 2 is 1.66 bits per heavy atom. The first-order valence-corrected chi connectivity index (χ1v) is 19.4. The minimum absolute atomic E-state index is 0.0429. The first kappa shape index (κ1) is 37.1. The molecule has 2 unspecified atom stereocenters. The van der Waals surface area contributed by atoms with Crippen molar-refractivity contribution in [1.82, 2.24) is 20.4 Å². The van der Waals surface area contributed by atoms with Crippen molar-refractivity contribution in [3.8, 4) is 0 Å². The molecule has 5 fully saturated rings. The van der Waals surface area contributed by atoms with Crippen LogP contribution in [0.15, 0.2) is 72.8 Å². The molecule has 3 aromatic carbocycles. The third-order valence-corrected chi connectivity index (χ3v) is 12.8. The molecule has 2 heterocycles. The molecule has 3 saturated carbocycles. The second-order valence-electron chi connectivity index (χ2n) is 16.6. The summed E-state index contributed by atoms with van der Waals surface area (Å²) in [7, 11) is -0.638. The van der Waals surface area contributed by atoms with E-state index < -0.39 is 54.5 Å². The van der Waals surface area contributed by atoms with Gasteiger partial charge in [-0.15, -0.1) is 0 Å². The minimum atomic E-state index is -1.09. The zero-order valence-corrected chi connectivity index (χ0v) is 31.8. The van der Waals surface area contributed by atoms with E-state index in [-0.39, 0.29) is 24.0 Å². The van der Waals surface area contributed by atoms with Gasteiger partial charge in [0.05, 0.1) is 24.2 Å². The highest BCUT2D eigenvalue weighted by molar-refractivity contribution is 6.48. The van der Waals surface area contributed by atoms with E-state index >= 15 is 0 Å². The largest absolute Gasteiger partial charge is 0.481 e. The third-order valence-electron chi connectivity index (χ3n) is 12.8. The molecule has 7 atom stereocenters. The lowest BCUT2D eigenvalue weighted by Gasteiger charge is -2.64. The van der Waals surface area contributed by atoms with Crippen molar-refractivity contribution in [2.24, 2.45) is 23.2 Å². The monoisotopic (exact) mass is 720 g/mol. The van der Waals surface area contributed by atoms with E-state index in [0.717, 1.165) is 40.5 Å². The van der Waals surface area contributed by atoms with E-state index in [1.807, 2.05) is 87.5 Å². The van der Waals surface area contributed by atoms with Gasteiger partial charge in [0.2, 0.25) is 5.91 Å². The van der Waals surface area contributed by atoms with E-state index in [1.165, 1.54) is 0 Å². The number of aryl methyl sites for hydroxylation is 1. The SMILES string of the molecule is CC[C@H](NC(=O)[C@@H]1CN(CCCc2ccccc2)C(=O)N1C(=O)[C@@H](NC(=O)c1cccc2ccccc12)C(C)C)B1O[C@@H]2CC3CC(C3(C)C)[C@]2(C)O1. The maximum atomic E-state index is 14.5. The van der Waals surface area contributed by atoms with Crippen LogP contribution >= 0.6 is 0 Å². The molecular formula is C42H53BN4O6. The fourth-order valence-electron chi connectivity index (χ4n) is 9.43. The molecule has 280 valence electrons. The van der Waals surface area contributed by atoms with Crippen LogP contribution in [0.5, 0.6) is 0 Å². The number of carbonyl (C=O) groups is 4. The molecule has 8 rings (SSSR count). The summed E-state index contributed by atoms with van der Waals surface area (Å²) in [6.45, 7) is 12.8. The van der Waals surface area contributed by atoms with Gasteiger partial charge in [0, 0.05) is 12.1 Å². The molecular weight excluding hydrogens is 667 g/mol. The van der Waals surface area contributed by atoms with Crippen LogP contribution in [0, 0.1) is 23.2 Å². The van der Waals surface area contributed by atoms with Crippen LogP contribution in [-0.4, -0.2) is 83.5 Å². The molecule has 2 bridgehead atoms. The fourth-order valence-corrected chi connectivity index (χ4v) is 9.43. The number of carbonyl (C=O) groups excluding carboxylic acids is 4. The Morgan fingerprint density at radius 1 is 0.943 bits per heavy atom. The van der Waals surface area contributed by atoms with Crippen molar-refractivity contribution in [2.45, 2.75) is 103 Å². The second kappa shape index (κ2) is 14.6. The number of rotatable bonds is 12. The van der Waals surface area contributed by atoms with E-state index in [2.05, 4.69) is 31.4 Å². The Kier molecular flexibility index (Phi) is 10.2. The maximum absolute atomic E-state index is 14.5. The van der Waals surface area contributed by atoms with Crippen LogP contribution in [0.1, 0.15) is 83.1 Å². The summed E-state index contributed by atoms with van der Waals surface area (Å²) in [5, 5.41) is 7.74. The summed E-state index contributed by atoms with van der Waals surface area (Å²) in [4.78, 5) is 59.5. The topological polar surface area (TPSA) is 117 Å². The molecule has 0 spiro atoms. The highest BCUT2D eigenvalue weighted by Gasteiger charge is 2.68. The van der Waals surface area contributed by atoms with E-state index in [9.17, 15) is 19.2 Å². The first-order valence-electron chi connectivity index (χ1n) is 19.4. The number of benzene rings is 3. The molecule has 2 saturated heterocycles. The van der Waals surface area contributed by atoms with Crippen LogP contribution in [-0.2, 0) is 25.3 Å². The van der Waals surface area contributed by atoms with Crippen LogP contribution in [0.3, 0.4) is 0 Å². The van der Waals surface area contributed by atoms with Crippen LogP contribution < -0.4 is 10.6 Å². The Morgan fingerprint density at radius 3 is 2.38 bits per heavy atom. The zero-order valence-electron chi connectivity index (χ0n) is 31.8. The smallest absolute Gasteiger partial charge is 0.404 e. The average Bonchev–Trinajstić information content (AvgIpc) is 3.68. The molecule has 11 heteroatoms. The Bertz CT molecular complexity index is 1870. The predicted octanol–water partition coefficient (Wildman–Crippen LogP) is 6.02. The Labute approximate surface area is 313 Å². The summed E-state index contributed by atoms with van der Waals surface area (Å²) in [6.07, 6.45) is 3.96. The van der Waals surface area contributed by atoms with Gasteiger partial charge in [0.25, 0.3) is 11.8 Å². The number of amides is 5. The molecule has 3 aromatic rings. The highest BCUT2D eigenvalue weighted by atomic mass is 16.7. The molecule has 0 aromatic heterocycles. The predicted molar refractivity (Wildman–Crippen MR) is 205 cm³/mol. The van der Waals surface area contributed by atoms with Gasteiger partial charge in [-0.2, -0.15) is 0 Å². The van der Waals surface area contributed by atoms with E-state index in [0.29, 0.717) is 36.8 Å².